The minimum atomic E-state index is 0.0359. The molecule has 3 heteroatoms. The van der Waals surface area contributed by atoms with E-state index < -0.39 is 0 Å². The van der Waals surface area contributed by atoms with Crippen LogP contribution in [0.25, 0.3) is 10.1 Å². The number of thiophene rings is 1. The Morgan fingerprint density at radius 1 is 1.50 bits per heavy atom. The molecule has 1 N–H and O–H groups in total. The molecule has 1 aromatic heterocycles. The molecule has 0 bridgehead atoms. The topological polar surface area (TPSA) is 37.3 Å². The number of aliphatic hydroxyl groups excluding tert-OH is 1. The maximum Gasteiger partial charge on any atom is 0.151 e. The van der Waals surface area contributed by atoms with E-state index in [1.54, 1.807) is 17.4 Å². The summed E-state index contributed by atoms with van der Waals surface area (Å²) < 4.78 is 0.976. The Morgan fingerprint density at radius 2 is 2.29 bits per heavy atom. The van der Waals surface area contributed by atoms with E-state index in [1.165, 1.54) is 0 Å². The highest BCUT2D eigenvalue weighted by Crippen LogP contribution is 2.32. The maximum atomic E-state index is 10.8. The smallest absolute Gasteiger partial charge is 0.151 e. The van der Waals surface area contributed by atoms with Crippen LogP contribution in [0.1, 0.15) is 20.8 Å². The second-order valence-corrected chi connectivity index (χ2v) is 4.36. The Morgan fingerprint density at radius 3 is 2.93 bits per heavy atom. The predicted octanol–water partition coefficient (Wildman–Crippen LogP) is 2.51. The van der Waals surface area contributed by atoms with E-state index in [0.717, 1.165) is 26.8 Å². The number of aldehydes is 1. The van der Waals surface area contributed by atoms with Gasteiger partial charge in [0.2, 0.25) is 0 Å². The molecule has 14 heavy (non-hydrogen) atoms. The van der Waals surface area contributed by atoms with E-state index in [0.29, 0.717) is 5.56 Å². The highest BCUT2D eigenvalue weighted by atomic mass is 32.1. The molecule has 0 saturated heterocycles. The lowest BCUT2D eigenvalue weighted by atomic mass is 10.1. The fraction of sp³-hybridized carbons (Fsp3) is 0.182. The molecule has 0 radical (unpaired) electrons. The third kappa shape index (κ3) is 1.25. The lowest BCUT2D eigenvalue weighted by Gasteiger charge is -1.95. The minimum absolute atomic E-state index is 0.0359. The van der Waals surface area contributed by atoms with Gasteiger partial charge in [-0.25, -0.2) is 0 Å². The number of fused-ring (bicyclic) bond motifs is 1. The van der Waals surface area contributed by atoms with Crippen LogP contribution in [-0.2, 0) is 6.61 Å². The Hall–Kier alpha value is -1.19. The van der Waals surface area contributed by atoms with Crippen LogP contribution < -0.4 is 0 Å². The van der Waals surface area contributed by atoms with Gasteiger partial charge in [0.25, 0.3) is 0 Å². The Kier molecular flexibility index (Phi) is 2.35. The molecular weight excluding hydrogens is 196 g/mol. The summed E-state index contributed by atoms with van der Waals surface area (Å²) in [4.78, 5) is 11.9. The van der Waals surface area contributed by atoms with Crippen LogP contribution in [0.4, 0.5) is 0 Å². The third-order valence-electron chi connectivity index (χ3n) is 2.34. The van der Waals surface area contributed by atoms with Gasteiger partial charge in [-0.2, -0.15) is 0 Å². The number of rotatable bonds is 2. The largest absolute Gasteiger partial charge is 0.392 e. The van der Waals surface area contributed by atoms with Gasteiger partial charge >= 0.3 is 0 Å². The molecule has 1 heterocycles. The van der Waals surface area contributed by atoms with Crippen molar-refractivity contribution in [2.45, 2.75) is 13.5 Å². The summed E-state index contributed by atoms with van der Waals surface area (Å²) in [6.07, 6.45) is 0.861. The fourth-order valence-corrected chi connectivity index (χ4v) is 2.74. The van der Waals surface area contributed by atoms with Crippen LogP contribution in [0.15, 0.2) is 18.2 Å². The standard InChI is InChI=1S/C11H10O2S/c1-7-10(6-13)9-4-2-3-8(5-12)11(9)14-7/h2-5,13H,6H2,1H3. The molecule has 2 rings (SSSR count). The third-order valence-corrected chi connectivity index (χ3v) is 3.55. The fourth-order valence-electron chi connectivity index (χ4n) is 1.60. The number of carbonyl (C=O) groups is 1. The molecule has 0 saturated carbocycles. The second-order valence-electron chi connectivity index (χ2n) is 3.14. The molecule has 2 nitrogen and oxygen atoms in total. The molecule has 1 aromatic carbocycles. The zero-order valence-corrected chi connectivity index (χ0v) is 8.60. The molecular formula is C11H10O2S. The molecule has 0 amide bonds. The second kappa shape index (κ2) is 3.52. The first-order valence-electron chi connectivity index (χ1n) is 4.35. The predicted molar refractivity (Wildman–Crippen MR) is 57.9 cm³/mol. The van der Waals surface area contributed by atoms with E-state index in [1.807, 2.05) is 19.1 Å². The molecule has 0 aliphatic rings. The van der Waals surface area contributed by atoms with Crippen molar-refractivity contribution in [2.24, 2.45) is 0 Å². The zero-order chi connectivity index (χ0) is 10.1. The summed E-state index contributed by atoms with van der Waals surface area (Å²) in [5, 5.41) is 10.2. The molecule has 0 aliphatic heterocycles. The van der Waals surface area contributed by atoms with Crippen molar-refractivity contribution < 1.29 is 9.90 Å². The van der Waals surface area contributed by atoms with Gasteiger partial charge in [0.15, 0.2) is 6.29 Å². The Balaban J connectivity index is 2.85. The Labute approximate surface area is 85.8 Å². The number of hydrogen-bond donors (Lipinski definition) is 1. The summed E-state index contributed by atoms with van der Waals surface area (Å²) in [6, 6.07) is 5.58. The quantitative estimate of drug-likeness (QED) is 0.766. The van der Waals surface area contributed by atoms with Gasteiger partial charge in [0.05, 0.1) is 6.61 Å². The highest BCUT2D eigenvalue weighted by molar-refractivity contribution is 7.19. The molecule has 72 valence electrons. The van der Waals surface area contributed by atoms with Crippen molar-refractivity contribution in [2.75, 3.05) is 0 Å². The normalized spacial score (nSPS) is 10.7. The molecule has 0 atom stereocenters. The zero-order valence-electron chi connectivity index (χ0n) is 7.78. The molecule has 0 fully saturated rings. The number of benzene rings is 1. The van der Waals surface area contributed by atoms with Gasteiger partial charge in [-0.1, -0.05) is 18.2 Å². The average Bonchev–Trinajstić information content (AvgIpc) is 2.52. The minimum Gasteiger partial charge on any atom is -0.392 e. The molecule has 0 unspecified atom stereocenters. The summed E-state index contributed by atoms with van der Waals surface area (Å²) >= 11 is 1.56. The molecule has 2 aromatic rings. The summed E-state index contributed by atoms with van der Waals surface area (Å²) in [7, 11) is 0. The summed E-state index contributed by atoms with van der Waals surface area (Å²) in [5.74, 6) is 0. The number of hydrogen-bond acceptors (Lipinski definition) is 3. The van der Waals surface area contributed by atoms with Crippen molar-refractivity contribution in [3.8, 4) is 0 Å². The first-order valence-corrected chi connectivity index (χ1v) is 5.16. The van der Waals surface area contributed by atoms with E-state index >= 15 is 0 Å². The van der Waals surface area contributed by atoms with E-state index in [-0.39, 0.29) is 6.61 Å². The van der Waals surface area contributed by atoms with Crippen LogP contribution in [0, 0.1) is 6.92 Å². The maximum absolute atomic E-state index is 10.8. The first-order chi connectivity index (χ1) is 6.77. The van der Waals surface area contributed by atoms with Gasteiger partial charge in [-0.05, 0) is 17.9 Å². The van der Waals surface area contributed by atoms with Crippen molar-refractivity contribution in [3.63, 3.8) is 0 Å². The monoisotopic (exact) mass is 206 g/mol. The molecule has 0 aliphatic carbocycles. The van der Waals surface area contributed by atoms with Crippen molar-refractivity contribution >= 4 is 27.7 Å². The van der Waals surface area contributed by atoms with E-state index in [9.17, 15) is 9.90 Å². The number of carbonyl (C=O) groups excluding carboxylic acids is 1. The van der Waals surface area contributed by atoms with Crippen LogP contribution in [-0.4, -0.2) is 11.4 Å². The SMILES string of the molecule is Cc1sc2c(C=O)cccc2c1CO. The van der Waals surface area contributed by atoms with Crippen molar-refractivity contribution in [1.29, 1.82) is 0 Å². The van der Waals surface area contributed by atoms with Crippen molar-refractivity contribution in [1.82, 2.24) is 0 Å². The van der Waals surface area contributed by atoms with E-state index in [4.69, 9.17) is 0 Å². The van der Waals surface area contributed by atoms with Gasteiger partial charge in [0, 0.05) is 15.1 Å². The number of aliphatic hydroxyl groups is 1. The molecule has 0 spiro atoms. The number of aryl methyl sites for hydroxylation is 1. The van der Waals surface area contributed by atoms with Gasteiger partial charge in [-0.3, -0.25) is 4.79 Å². The lowest BCUT2D eigenvalue weighted by molar-refractivity contribution is 0.112. The lowest BCUT2D eigenvalue weighted by Crippen LogP contribution is -1.83. The first kappa shape index (κ1) is 9.37. The van der Waals surface area contributed by atoms with Crippen LogP contribution in [0.2, 0.25) is 0 Å². The van der Waals surface area contributed by atoms with Crippen LogP contribution >= 0.6 is 11.3 Å². The van der Waals surface area contributed by atoms with Crippen LogP contribution in [0.3, 0.4) is 0 Å². The Bertz CT molecular complexity index is 485. The van der Waals surface area contributed by atoms with Gasteiger partial charge in [0.1, 0.15) is 0 Å². The van der Waals surface area contributed by atoms with Gasteiger partial charge < -0.3 is 5.11 Å². The highest BCUT2D eigenvalue weighted by Gasteiger charge is 2.10. The van der Waals surface area contributed by atoms with Crippen molar-refractivity contribution in [3.05, 3.63) is 34.2 Å². The summed E-state index contributed by atoms with van der Waals surface area (Å²) in [5.41, 5.74) is 1.64. The van der Waals surface area contributed by atoms with Crippen LogP contribution in [0.5, 0.6) is 0 Å². The van der Waals surface area contributed by atoms with Gasteiger partial charge in [-0.15, -0.1) is 11.3 Å². The average molecular weight is 206 g/mol. The summed E-state index contributed by atoms with van der Waals surface area (Å²) in [6.45, 7) is 2.00. The van der Waals surface area contributed by atoms with E-state index in [2.05, 4.69) is 0 Å².